The summed E-state index contributed by atoms with van der Waals surface area (Å²) in [5.74, 6) is 0.765. The molecule has 5 rings (SSSR count). The monoisotopic (exact) mass is 423 g/mol. The zero-order chi connectivity index (χ0) is 21.4. The number of tetrazole rings is 1. The lowest BCUT2D eigenvalue weighted by Crippen LogP contribution is -3.13. The second kappa shape index (κ2) is 8.51. The smallest absolute Gasteiger partial charge is 0.258 e. The molecule has 4 heterocycles. The van der Waals surface area contributed by atoms with Crippen LogP contribution >= 0.6 is 0 Å². The molecule has 0 amide bonds. The summed E-state index contributed by atoms with van der Waals surface area (Å²) >= 11 is 0. The first-order valence-electron chi connectivity index (χ1n) is 11.5. The zero-order valence-corrected chi connectivity index (χ0v) is 18.4. The van der Waals surface area contributed by atoms with Crippen LogP contribution in [-0.2, 0) is 11.3 Å². The molecule has 0 unspecified atom stereocenters. The number of rotatable bonds is 5. The summed E-state index contributed by atoms with van der Waals surface area (Å²) in [7, 11) is 0. The number of quaternary nitrogens is 1. The maximum Gasteiger partial charge on any atom is 0.258 e. The fourth-order valence-electron chi connectivity index (χ4n) is 5.07. The number of hydrogen-bond acceptors (Lipinski definition) is 5. The van der Waals surface area contributed by atoms with Crippen molar-refractivity contribution >= 4 is 10.9 Å². The molecule has 2 fully saturated rings. The lowest BCUT2D eigenvalue weighted by atomic mass is 9.99. The number of ether oxygens (including phenoxy) is 1. The predicted molar refractivity (Wildman–Crippen MR) is 117 cm³/mol. The van der Waals surface area contributed by atoms with Crippen LogP contribution in [0.25, 0.3) is 10.9 Å². The van der Waals surface area contributed by atoms with E-state index in [1.165, 1.54) is 22.4 Å². The van der Waals surface area contributed by atoms with Crippen LogP contribution < -0.4 is 10.5 Å². The van der Waals surface area contributed by atoms with Crippen LogP contribution in [-0.4, -0.2) is 51.0 Å². The van der Waals surface area contributed by atoms with E-state index in [2.05, 4.69) is 52.6 Å². The van der Waals surface area contributed by atoms with Gasteiger partial charge in [0.25, 0.3) is 5.56 Å². The van der Waals surface area contributed by atoms with Gasteiger partial charge >= 0.3 is 0 Å². The number of fused-ring (bicyclic) bond motifs is 1. The second-order valence-corrected chi connectivity index (χ2v) is 9.08. The molecule has 0 spiro atoms. The van der Waals surface area contributed by atoms with E-state index in [4.69, 9.17) is 4.74 Å². The Kier molecular flexibility index (Phi) is 5.58. The standard InChI is InChI=1S/C23H30N6O2/c1-15-11-17-13-19(23(30)24-20(17)12-16(15)2)21(28-8-4-3-5-9-28)22-25-26-27-29(22)14-18-7-6-10-31-18/h11-13,18,21H,3-10,14H2,1-2H3,(H,24,30)/p+1/t18-,21-/m0/s1. The van der Waals surface area contributed by atoms with Crippen molar-refractivity contribution in [2.24, 2.45) is 0 Å². The Morgan fingerprint density at radius 3 is 2.74 bits per heavy atom. The highest BCUT2D eigenvalue weighted by molar-refractivity contribution is 5.80. The summed E-state index contributed by atoms with van der Waals surface area (Å²) in [6.45, 7) is 7.64. The van der Waals surface area contributed by atoms with Crippen molar-refractivity contribution in [3.8, 4) is 0 Å². The molecule has 0 radical (unpaired) electrons. The number of benzene rings is 1. The molecule has 31 heavy (non-hydrogen) atoms. The molecule has 2 aromatic heterocycles. The van der Waals surface area contributed by atoms with E-state index in [9.17, 15) is 4.79 Å². The van der Waals surface area contributed by atoms with Gasteiger partial charge in [-0.2, -0.15) is 0 Å². The number of pyridine rings is 1. The quantitative estimate of drug-likeness (QED) is 0.649. The van der Waals surface area contributed by atoms with E-state index in [-0.39, 0.29) is 17.7 Å². The third kappa shape index (κ3) is 4.02. The van der Waals surface area contributed by atoms with Crippen LogP contribution in [0.1, 0.15) is 60.7 Å². The molecule has 0 bridgehead atoms. The van der Waals surface area contributed by atoms with E-state index in [0.717, 1.165) is 67.7 Å². The number of aromatic amines is 1. The van der Waals surface area contributed by atoms with E-state index in [0.29, 0.717) is 6.54 Å². The third-order valence-corrected chi connectivity index (χ3v) is 6.92. The van der Waals surface area contributed by atoms with Crippen LogP contribution in [0.4, 0.5) is 0 Å². The fourth-order valence-corrected chi connectivity index (χ4v) is 5.07. The van der Waals surface area contributed by atoms with Crippen molar-refractivity contribution in [1.29, 1.82) is 0 Å². The minimum atomic E-state index is -0.188. The molecule has 0 saturated carbocycles. The number of nitrogens with one attached hydrogen (secondary N) is 2. The van der Waals surface area contributed by atoms with E-state index < -0.39 is 0 Å². The van der Waals surface area contributed by atoms with Gasteiger partial charge in [0, 0.05) is 12.1 Å². The Hall–Kier alpha value is -2.58. The molecule has 8 nitrogen and oxygen atoms in total. The summed E-state index contributed by atoms with van der Waals surface area (Å²) in [5.41, 5.74) is 3.97. The Morgan fingerprint density at radius 1 is 1.16 bits per heavy atom. The van der Waals surface area contributed by atoms with Gasteiger partial charge in [-0.25, -0.2) is 4.68 Å². The SMILES string of the molecule is Cc1cc2cc([C@@H](c3nnnn3C[C@@H]3CCCO3)[NH+]3CCCCC3)c(=O)[nH]c2cc1C. The number of aryl methyl sites for hydroxylation is 2. The Labute approximate surface area is 181 Å². The second-order valence-electron chi connectivity index (χ2n) is 9.08. The lowest BCUT2D eigenvalue weighted by Gasteiger charge is -2.30. The Bertz CT molecular complexity index is 1120. The van der Waals surface area contributed by atoms with E-state index in [1.54, 1.807) is 0 Å². The van der Waals surface area contributed by atoms with E-state index >= 15 is 0 Å². The molecule has 8 heteroatoms. The molecule has 2 N–H and O–H groups in total. The predicted octanol–water partition coefficient (Wildman–Crippen LogP) is 1.47. The number of piperidine rings is 1. The van der Waals surface area contributed by atoms with Crippen LogP contribution in [0.5, 0.6) is 0 Å². The molecular weight excluding hydrogens is 392 g/mol. The Morgan fingerprint density at radius 2 is 1.97 bits per heavy atom. The zero-order valence-electron chi connectivity index (χ0n) is 18.4. The first kappa shape index (κ1) is 20.3. The van der Waals surface area contributed by atoms with Gasteiger partial charge < -0.3 is 14.6 Å². The van der Waals surface area contributed by atoms with Gasteiger partial charge in [-0.05, 0) is 91.1 Å². The van der Waals surface area contributed by atoms with Crippen molar-refractivity contribution in [3.05, 3.63) is 51.1 Å². The number of nitrogens with zero attached hydrogens (tertiary/aromatic N) is 4. The summed E-state index contributed by atoms with van der Waals surface area (Å²) in [4.78, 5) is 17.8. The summed E-state index contributed by atoms with van der Waals surface area (Å²) in [6.07, 6.45) is 5.79. The maximum absolute atomic E-state index is 13.3. The van der Waals surface area contributed by atoms with Gasteiger partial charge in [0.15, 0.2) is 6.04 Å². The molecule has 0 aliphatic carbocycles. The average molecular weight is 424 g/mol. The minimum absolute atomic E-state index is 0.0505. The third-order valence-electron chi connectivity index (χ3n) is 6.92. The normalized spacial score (nSPS) is 21.0. The van der Waals surface area contributed by atoms with Crippen molar-refractivity contribution in [1.82, 2.24) is 25.2 Å². The number of H-pyrrole nitrogens is 1. The number of likely N-dealkylation sites (tertiary alicyclic amines) is 1. The molecular formula is C23H31N6O2+. The summed E-state index contributed by atoms with van der Waals surface area (Å²) in [6, 6.07) is 6.08. The fraction of sp³-hybridized carbons (Fsp3) is 0.565. The lowest BCUT2D eigenvalue weighted by molar-refractivity contribution is -0.931. The summed E-state index contributed by atoms with van der Waals surface area (Å²) in [5, 5.41) is 13.8. The number of aromatic nitrogens is 5. The first-order chi connectivity index (χ1) is 15.1. The average Bonchev–Trinajstić information content (AvgIpc) is 3.44. The van der Waals surface area contributed by atoms with Crippen LogP contribution in [0.3, 0.4) is 0 Å². The highest BCUT2D eigenvalue weighted by Crippen LogP contribution is 2.23. The van der Waals surface area contributed by atoms with Gasteiger partial charge in [-0.15, -0.1) is 5.10 Å². The molecule has 1 aromatic carbocycles. The summed E-state index contributed by atoms with van der Waals surface area (Å²) < 4.78 is 7.69. The Balaban J connectivity index is 1.61. The number of hydrogen-bond donors (Lipinski definition) is 2. The maximum atomic E-state index is 13.3. The molecule has 2 aliphatic heterocycles. The molecule has 164 valence electrons. The molecule has 2 atom stereocenters. The van der Waals surface area contributed by atoms with Crippen molar-refractivity contribution in [3.63, 3.8) is 0 Å². The van der Waals surface area contributed by atoms with Crippen molar-refractivity contribution in [2.45, 2.75) is 64.6 Å². The molecule has 2 aliphatic rings. The van der Waals surface area contributed by atoms with Crippen LogP contribution in [0.2, 0.25) is 0 Å². The van der Waals surface area contributed by atoms with Crippen molar-refractivity contribution < 1.29 is 9.64 Å². The first-order valence-corrected chi connectivity index (χ1v) is 11.5. The highest BCUT2D eigenvalue weighted by Gasteiger charge is 2.35. The minimum Gasteiger partial charge on any atom is -0.376 e. The van der Waals surface area contributed by atoms with Gasteiger partial charge in [-0.1, -0.05) is 0 Å². The van der Waals surface area contributed by atoms with Gasteiger partial charge in [0.2, 0.25) is 5.82 Å². The molecule has 2 saturated heterocycles. The largest absolute Gasteiger partial charge is 0.376 e. The highest BCUT2D eigenvalue weighted by atomic mass is 16.5. The van der Waals surface area contributed by atoms with Gasteiger partial charge in [0.05, 0.1) is 31.3 Å². The van der Waals surface area contributed by atoms with Crippen LogP contribution in [0, 0.1) is 13.8 Å². The van der Waals surface area contributed by atoms with Gasteiger partial charge in [-0.3, -0.25) is 4.79 Å². The van der Waals surface area contributed by atoms with Gasteiger partial charge in [0.1, 0.15) is 0 Å². The molecule has 3 aromatic rings. The van der Waals surface area contributed by atoms with E-state index in [1.807, 2.05) is 4.68 Å². The van der Waals surface area contributed by atoms with Crippen LogP contribution in [0.15, 0.2) is 23.0 Å². The van der Waals surface area contributed by atoms with Crippen molar-refractivity contribution in [2.75, 3.05) is 19.7 Å². The topological polar surface area (TPSA) is 90.1 Å².